The third-order valence-electron chi connectivity index (χ3n) is 4.82. The van der Waals surface area contributed by atoms with Gasteiger partial charge in [-0.2, -0.15) is 0 Å². The Labute approximate surface area is 120 Å². The van der Waals surface area contributed by atoms with E-state index < -0.39 is 0 Å². The largest absolute Gasteiger partial charge is 0.508 e. The van der Waals surface area contributed by atoms with Crippen LogP contribution in [0.3, 0.4) is 0 Å². The topological polar surface area (TPSA) is 40.5 Å². The summed E-state index contributed by atoms with van der Waals surface area (Å²) in [6.45, 7) is 0.905. The lowest BCUT2D eigenvalue weighted by Gasteiger charge is -2.31. The van der Waals surface area contributed by atoms with E-state index in [0.717, 1.165) is 18.5 Å². The highest BCUT2D eigenvalue weighted by Gasteiger charge is 2.36. The molecular formula is C17H23NO2. The van der Waals surface area contributed by atoms with Gasteiger partial charge in [0.1, 0.15) is 5.75 Å². The van der Waals surface area contributed by atoms with E-state index in [-0.39, 0.29) is 5.92 Å². The van der Waals surface area contributed by atoms with Gasteiger partial charge in [0.05, 0.1) is 0 Å². The fraction of sp³-hybridized carbons (Fsp3) is 0.588. The number of likely N-dealkylation sites (tertiary alicyclic amines) is 1. The molecule has 1 saturated heterocycles. The lowest BCUT2D eigenvalue weighted by molar-refractivity contribution is -0.133. The van der Waals surface area contributed by atoms with Crippen molar-refractivity contribution < 1.29 is 9.90 Å². The molecule has 0 spiro atoms. The quantitative estimate of drug-likeness (QED) is 0.919. The first-order valence-corrected chi connectivity index (χ1v) is 7.83. The van der Waals surface area contributed by atoms with Crippen LogP contribution in [0.4, 0.5) is 0 Å². The maximum Gasteiger partial charge on any atom is 0.226 e. The van der Waals surface area contributed by atoms with Crippen molar-refractivity contribution in [1.82, 2.24) is 4.90 Å². The number of phenolic OH excluding ortho intramolecular Hbond substituents is 1. The fourth-order valence-electron chi connectivity index (χ4n) is 3.66. The normalized spacial score (nSPS) is 24.3. The second-order valence-electron chi connectivity index (χ2n) is 6.14. The number of amides is 1. The molecule has 3 nitrogen and oxygen atoms in total. The molecule has 1 saturated carbocycles. The van der Waals surface area contributed by atoms with E-state index in [0.29, 0.717) is 24.1 Å². The Morgan fingerprint density at radius 2 is 1.85 bits per heavy atom. The SMILES string of the molecule is O=C1C(Cc2ccccc2O)CCN1C1CCCCC1. The predicted molar refractivity (Wildman–Crippen MR) is 78.5 cm³/mol. The van der Waals surface area contributed by atoms with Crippen molar-refractivity contribution in [1.29, 1.82) is 0 Å². The van der Waals surface area contributed by atoms with Crippen molar-refractivity contribution in [3.8, 4) is 5.75 Å². The maximum atomic E-state index is 12.6. The van der Waals surface area contributed by atoms with Crippen molar-refractivity contribution in [2.24, 2.45) is 5.92 Å². The summed E-state index contributed by atoms with van der Waals surface area (Å²) in [6.07, 6.45) is 7.81. The van der Waals surface area contributed by atoms with Crippen molar-refractivity contribution in [3.05, 3.63) is 29.8 Å². The minimum Gasteiger partial charge on any atom is -0.508 e. The van der Waals surface area contributed by atoms with Crippen LogP contribution in [-0.4, -0.2) is 28.5 Å². The Balaban J connectivity index is 1.65. The molecule has 1 aromatic rings. The van der Waals surface area contributed by atoms with Crippen LogP contribution >= 0.6 is 0 Å². The van der Waals surface area contributed by atoms with Gasteiger partial charge in [-0.3, -0.25) is 4.79 Å². The van der Waals surface area contributed by atoms with Gasteiger partial charge in [-0.05, 0) is 37.3 Å². The average molecular weight is 273 g/mol. The Bertz CT molecular complexity index is 480. The lowest BCUT2D eigenvalue weighted by atomic mass is 9.94. The highest BCUT2D eigenvalue weighted by Crippen LogP contribution is 2.31. The molecule has 1 aliphatic carbocycles. The zero-order chi connectivity index (χ0) is 13.9. The van der Waals surface area contributed by atoms with Crippen LogP contribution in [0.5, 0.6) is 5.75 Å². The van der Waals surface area contributed by atoms with E-state index in [1.54, 1.807) is 6.07 Å². The molecule has 108 valence electrons. The van der Waals surface area contributed by atoms with E-state index in [4.69, 9.17) is 0 Å². The number of rotatable bonds is 3. The lowest BCUT2D eigenvalue weighted by Crippen LogP contribution is -2.39. The molecule has 0 radical (unpaired) electrons. The summed E-state index contributed by atoms with van der Waals surface area (Å²) in [4.78, 5) is 14.7. The molecule has 20 heavy (non-hydrogen) atoms. The zero-order valence-corrected chi connectivity index (χ0v) is 11.9. The van der Waals surface area contributed by atoms with Crippen LogP contribution in [-0.2, 0) is 11.2 Å². The minimum atomic E-state index is 0.0604. The standard InChI is InChI=1S/C17H23NO2/c19-16-9-5-4-6-13(16)12-14-10-11-18(17(14)20)15-7-2-1-3-8-15/h4-6,9,14-15,19H,1-3,7-8,10-12H2. The highest BCUT2D eigenvalue weighted by atomic mass is 16.3. The molecule has 3 heteroatoms. The van der Waals surface area contributed by atoms with Crippen LogP contribution < -0.4 is 0 Å². The molecule has 1 aliphatic heterocycles. The molecule has 1 unspecified atom stereocenters. The first-order chi connectivity index (χ1) is 9.75. The number of para-hydroxylation sites is 1. The molecule has 2 fully saturated rings. The van der Waals surface area contributed by atoms with Crippen LogP contribution in [0.15, 0.2) is 24.3 Å². The second-order valence-corrected chi connectivity index (χ2v) is 6.14. The van der Waals surface area contributed by atoms with Crippen molar-refractivity contribution in [2.75, 3.05) is 6.54 Å². The highest BCUT2D eigenvalue weighted by molar-refractivity contribution is 5.81. The van der Waals surface area contributed by atoms with Crippen molar-refractivity contribution in [3.63, 3.8) is 0 Å². The van der Waals surface area contributed by atoms with E-state index >= 15 is 0 Å². The number of carbonyl (C=O) groups is 1. The average Bonchev–Trinajstić information content (AvgIpc) is 2.84. The van der Waals surface area contributed by atoms with E-state index in [2.05, 4.69) is 4.90 Å². The first kappa shape index (κ1) is 13.5. The van der Waals surface area contributed by atoms with Crippen LogP contribution in [0.25, 0.3) is 0 Å². The summed E-state index contributed by atoms with van der Waals surface area (Å²) in [5.74, 6) is 0.682. The third-order valence-corrected chi connectivity index (χ3v) is 4.82. The Morgan fingerprint density at radius 3 is 2.60 bits per heavy atom. The number of phenols is 1. The zero-order valence-electron chi connectivity index (χ0n) is 11.9. The predicted octanol–water partition coefficient (Wildman–Crippen LogP) is 3.12. The number of hydrogen-bond acceptors (Lipinski definition) is 2. The summed E-state index contributed by atoms with van der Waals surface area (Å²) < 4.78 is 0. The van der Waals surface area contributed by atoms with Crippen LogP contribution in [0, 0.1) is 5.92 Å². The van der Waals surface area contributed by atoms with E-state index in [1.165, 1.54) is 32.1 Å². The summed E-state index contributed by atoms with van der Waals surface area (Å²) in [5.41, 5.74) is 0.899. The fourth-order valence-corrected chi connectivity index (χ4v) is 3.66. The molecule has 2 aliphatic rings. The third kappa shape index (κ3) is 2.67. The van der Waals surface area contributed by atoms with Gasteiger partial charge in [0.15, 0.2) is 0 Å². The van der Waals surface area contributed by atoms with Crippen molar-refractivity contribution in [2.45, 2.75) is 51.0 Å². The molecule has 1 amide bonds. The molecule has 1 N–H and O–H groups in total. The molecule has 1 atom stereocenters. The van der Waals surface area contributed by atoms with E-state index in [1.807, 2.05) is 18.2 Å². The number of nitrogens with zero attached hydrogens (tertiary/aromatic N) is 1. The monoisotopic (exact) mass is 273 g/mol. The smallest absolute Gasteiger partial charge is 0.226 e. The summed E-state index contributed by atoms with van der Waals surface area (Å²) >= 11 is 0. The van der Waals surface area contributed by atoms with Gasteiger partial charge in [0.25, 0.3) is 0 Å². The number of hydrogen-bond donors (Lipinski definition) is 1. The van der Waals surface area contributed by atoms with Crippen LogP contribution in [0.1, 0.15) is 44.1 Å². The minimum absolute atomic E-state index is 0.0604. The van der Waals surface area contributed by atoms with Crippen LogP contribution in [0.2, 0.25) is 0 Å². The maximum absolute atomic E-state index is 12.6. The number of benzene rings is 1. The molecule has 1 aromatic carbocycles. The Kier molecular flexibility index (Phi) is 3.95. The summed E-state index contributed by atoms with van der Waals surface area (Å²) in [5, 5.41) is 9.85. The van der Waals surface area contributed by atoms with Gasteiger partial charge in [-0.1, -0.05) is 37.5 Å². The number of carbonyl (C=O) groups excluding carboxylic acids is 1. The Hall–Kier alpha value is -1.51. The molecule has 1 heterocycles. The van der Waals surface area contributed by atoms with Gasteiger partial charge in [0, 0.05) is 18.5 Å². The van der Waals surface area contributed by atoms with Crippen molar-refractivity contribution >= 4 is 5.91 Å². The van der Waals surface area contributed by atoms with Gasteiger partial charge in [0.2, 0.25) is 5.91 Å². The summed E-state index contributed by atoms with van der Waals surface area (Å²) in [7, 11) is 0. The molecule has 3 rings (SSSR count). The van der Waals surface area contributed by atoms with Gasteiger partial charge < -0.3 is 10.0 Å². The molecular weight excluding hydrogens is 250 g/mol. The van der Waals surface area contributed by atoms with Gasteiger partial charge >= 0.3 is 0 Å². The van der Waals surface area contributed by atoms with Gasteiger partial charge in [-0.25, -0.2) is 0 Å². The van der Waals surface area contributed by atoms with E-state index in [9.17, 15) is 9.90 Å². The Morgan fingerprint density at radius 1 is 1.10 bits per heavy atom. The molecule has 0 aromatic heterocycles. The molecule has 0 bridgehead atoms. The summed E-state index contributed by atoms with van der Waals surface area (Å²) in [6, 6.07) is 7.85. The second kappa shape index (κ2) is 5.86. The first-order valence-electron chi connectivity index (χ1n) is 7.83. The number of aromatic hydroxyl groups is 1. The van der Waals surface area contributed by atoms with Gasteiger partial charge in [-0.15, -0.1) is 0 Å².